The summed E-state index contributed by atoms with van der Waals surface area (Å²) in [6.45, 7) is 10.1. The Balaban J connectivity index is 1.84. The average molecular weight is 768 g/mol. The van der Waals surface area contributed by atoms with Gasteiger partial charge in [-0.1, -0.05) is 65.0 Å². The van der Waals surface area contributed by atoms with Crippen LogP contribution in [0.4, 0.5) is 8.78 Å². The molecule has 3 aromatic rings. The van der Waals surface area contributed by atoms with E-state index in [1.807, 2.05) is 69.5 Å². The van der Waals surface area contributed by atoms with Crippen molar-refractivity contribution in [3.05, 3.63) is 83.7 Å². The highest BCUT2D eigenvalue weighted by molar-refractivity contribution is 5.88. The van der Waals surface area contributed by atoms with E-state index in [4.69, 9.17) is 11.5 Å². The van der Waals surface area contributed by atoms with Gasteiger partial charge >= 0.3 is 0 Å². The summed E-state index contributed by atoms with van der Waals surface area (Å²) in [5.41, 5.74) is 12.7. The molecule has 55 heavy (non-hydrogen) atoms. The summed E-state index contributed by atoms with van der Waals surface area (Å²) in [5, 5.41) is 17.8. The van der Waals surface area contributed by atoms with Gasteiger partial charge in [0.15, 0.2) is 0 Å². The number of carbonyl (C=O) groups is 5. The first kappa shape index (κ1) is 44.2. The van der Waals surface area contributed by atoms with Crippen molar-refractivity contribution >= 4 is 29.5 Å². The Morgan fingerprint density at radius 1 is 0.927 bits per heavy atom. The predicted octanol–water partition coefficient (Wildman–Crippen LogP) is 2.99. The molecule has 300 valence electrons. The molecule has 13 nitrogen and oxygen atoms in total. The van der Waals surface area contributed by atoms with Gasteiger partial charge in [0.05, 0.1) is 25.2 Å². The van der Waals surface area contributed by atoms with Gasteiger partial charge in [0.1, 0.15) is 18.2 Å². The number of nitrogens with one attached hydrogen (secondary N) is 3. The van der Waals surface area contributed by atoms with Gasteiger partial charge < -0.3 is 42.0 Å². The van der Waals surface area contributed by atoms with Gasteiger partial charge in [-0.25, -0.2) is 8.78 Å². The largest absolute Gasteiger partial charge is 0.387 e. The summed E-state index contributed by atoms with van der Waals surface area (Å²) in [4.78, 5) is 63.9. The van der Waals surface area contributed by atoms with E-state index >= 15 is 4.39 Å². The zero-order chi connectivity index (χ0) is 41.0. The molecule has 0 radical (unpaired) electrons. The molecule has 0 aliphatic heterocycles. The number of primary amides is 1. The van der Waals surface area contributed by atoms with E-state index in [1.54, 1.807) is 19.2 Å². The Bertz CT molecular complexity index is 1790. The van der Waals surface area contributed by atoms with Crippen LogP contribution in [0.15, 0.2) is 60.8 Å². The molecule has 1 heterocycles. The maximum Gasteiger partial charge on any atom is 0.248 e. The van der Waals surface area contributed by atoms with E-state index in [0.717, 1.165) is 23.8 Å². The van der Waals surface area contributed by atoms with Crippen LogP contribution in [0, 0.1) is 28.9 Å². The van der Waals surface area contributed by atoms with E-state index in [1.165, 1.54) is 4.90 Å². The minimum atomic E-state index is -1.08. The van der Waals surface area contributed by atoms with Crippen molar-refractivity contribution in [2.45, 2.75) is 79.1 Å². The van der Waals surface area contributed by atoms with Crippen molar-refractivity contribution in [2.24, 2.45) is 28.7 Å². The van der Waals surface area contributed by atoms with E-state index in [2.05, 4.69) is 16.0 Å². The van der Waals surface area contributed by atoms with Gasteiger partial charge in [0, 0.05) is 48.6 Å². The molecular formula is C40H55F2N7O6. The van der Waals surface area contributed by atoms with Gasteiger partial charge in [-0.2, -0.15) is 0 Å². The maximum atomic E-state index is 15.1. The third kappa shape index (κ3) is 13.0. The number of amides is 5. The molecule has 2 unspecified atom stereocenters. The summed E-state index contributed by atoms with van der Waals surface area (Å²) in [7, 11) is 0. The first-order valence-corrected chi connectivity index (χ1v) is 18.3. The SMILES string of the molecule is CC(C)C(CC(=O)NCC(=O)NCC(N)=O)C(C)NC(=O)[C@@H](N)CCN(C(=O)CO)[C@@H](c1cc(-c2cc(F)ccc2F)cn1Cc1ccccc1)C(C)(C)C. The molecule has 0 fully saturated rings. The Hall–Kier alpha value is -5.15. The quantitative estimate of drug-likeness (QED) is 0.108. The first-order valence-electron chi connectivity index (χ1n) is 18.3. The fourth-order valence-corrected chi connectivity index (χ4v) is 6.65. The number of nitrogens with zero attached hydrogens (tertiary/aromatic N) is 2. The van der Waals surface area contributed by atoms with Gasteiger partial charge in [-0.3, -0.25) is 24.0 Å². The Morgan fingerprint density at radius 2 is 1.58 bits per heavy atom. The third-order valence-electron chi connectivity index (χ3n) is 9.45. The molecule has 0 saturated carbocycles. The zero-order valence-corrected chi connectivity index (χ0v) is 32.4. The van der Waals surface area contributed by atoms with E-state index < -0.39 is 71.3 Å². The van der Waals surface area contributed by atoms with Crippen LogP contribution in [-0.2, 0) is 30.5 Å². The minimum absolute atomic E-state index is 0.00632. The highest BCUT2D eigenvalue weighted by Crippen LogP contribution is 2.41. The van der Waals surface area contributed by atoms with Crippen molar-refractivity contribution in [1.29, 1.82) is 0 Å². The average Bonchev–Trinajstić information content (AvgIpc) is 3.52. The van der Waals surface area contributed by atoms with Crippen LogP contribution in [-0.4, -0.2) is 82.4 Å². The van der Waals surface area contributed by atoms with Gasteiger partial charge in [-0.05, 0) is 60.4 Å². The second-order valence-electron chi connectivity index (χ2n) is 15.2. The fourth-order valence-electron chi connectivity index (χ4n) is 6.65. The van der Waals surface area contributed by atoms with E-state index in [0.29, 0.717) is 17.8 Å². The van der Waals surface area contributed by atoms with Crippen LogP contribution in [0.3, 0.4) is 0 Å². The predicted molar refractivity (Wildman–Crippen MR) is 205 cm³/mol. The van der Waals surface area contributed by atoms with Crippen LogP contribution in [0.5, 0.6) is 0 Å². The summed E-state index contributed by atoms with van der Waals surface area (Å²) in [6.07, 6.45) is 1.72. The van der Waals surface area contributed by atoms with Crippen molar-refractivity contribution in [3.63, 3.8) is 0 Å². The van der Waals surface area contributed by atoms with Gasteiger partial charge in [0.25, 0.3) is 0 Å². The lowest BCUT2D eigenvalue weighted by atomic mass is 9.82. The minimum Gasteiger partial charge on any atom is -0.387 e. The molecule has 4 atom stereocenters. The highest BCUT2D eigenvalue weighted by Gasteiger charge is 2.38. The summed E-state index contributed by atoms with van der Waals surface area (Å²) < 4.78 is 31.3. The number of benzene rings is 2. The number of rotatable bonds is 19. The van der Waals surface area contributed by atoms with Crippen LogP contribution in [0.2, 0.25) is 0 Å². The smallest absolute Gasteiger partial charge is 0.248 e. The summed E-state index contributed by atoms with van der Waals surface area (Å²) in [5.74, 6) is -4.45. The molecular weight excluding hydrogens is 712 g/mol. The lowest BCUT2D eigenvalue weighted by Gasteiger charge is -2.41. The number of hydrogen-bond donors (Lipinski definition) is 6. The number of halogens is 2. The van der Waals surface area contributed by atoms with Crippen LogP contribution in [0.25, 0.3) is 11.1 Å². The molecule has 3 rings (SSSR count). The summed E-state index contributed by atoms with van der Waals surface area (Å²) >= 11 is 0. The number of hydrogen-bond acceptors (Lipinski definition) is 7. The highest BCUT2D eigenvalue weighted by atomic mass is 19.1. The second kappa shape index (κ2) is 20.0. The number of nitrogens with two attached hydrogens (primary N) is 2. The monoisotopic (exact) mass is 767 g/mol. The standard InChI is InChI=1S/C40H55F2N7O6/c1-24(2)29(18-35(52)46-20-36(53)45-19-34(44)51)25(3)47-39(55)32(43)14-15-49(37(54)23-50)38(40(4,5)6)33-16-27(30-17-28(41)12-13-31(30)42)22-48(33)21-26-10-8-7-9-11-26/h7-13,16-17,22,24-25,29,32,38,50H,14-15,18-21,23,43H2,1-6H3,(H2,44,51)(H,45,53)(H,46,52)(H,47,55)/t25?,29?,32-,38-/m0/s1. The topological polar surface area (TPSA) is 202 Å². The van der Waals surface area contributed by atoms with E-state index in [-0.39, 0.29) is 49.9 Å². The molecule has 2 aromatic carbocycles. The third-order valence-corrected chi connectivity index (χ3v) is 9.45. The molecule has 5 amide bonds. The van der Waals surface area contributed by atoms with Crippen LogP contribution >= 0.6 is 0 Å². The van der Waals surface area contributed by atoms with Crippen molar-refractivity contribution in [2.75, 3.05) is 26.2 Å². The molecule has 0 aliphatic rings. The summed E-state index contributed by atoms with van der Waals surface area (Å²) in [6, 6.07) is 12.1. The Kier molecular flexibility index (Phi) is 16.1. The number of aliphatic hydroxyl groups excluding tert-OH is 1. The Labute approximate surface area is 321 Å². The van der Waals surface area contributed by atoms with Crippen molar-refractivity contribution in [1.82, 2.24) is 25.4 Å². The van der Waals surface area contributed by atoms with Crippen LogP contribution in [0.1, 0.15) is 71.7 Å². The first-order chi connectivity index (χ1) is 25.8. The number of carbonyl (C=O) groups excluding carboxylic acids is 5. The maximum absolute atomic E-state index is 15.1. The molecule has 1 aromatic heterocycles. The fraction of sp³-hybridized carbons (Fsp3) is 0.475. The number of aromatic nitrogens is 1. The van der Waals surface area contributed by atoms with Crippen LogP contribution < -0.4 is 27.4 Å². The van der Waals surface area contributed by atoms with Gasteiger partial charge in [-0.15, -0.1) is 0 Å². The zero-order valence-electron chi connectivity index (χ0n) is 32.4. The molecule has 15 heteroatoms. The molecule has 0 aliphatic carbocycles. The second-order valence-corrected chi connectivity index (χ2v) is 15.2. The lowest BCUT2D eigenvalue weighted by molar-refractivity contribution is -0.140. The molecule has 0 bridgehead atoms. The number of aliphatic hydroxyl groups is 1. The lowest BCUT2D eigenvalue weighted by Crippen LogP contribution is -2.50. The van der Waals surface area contributed by atoms with E-state index in [9.17, 15) is 33.5 Å². The molecule has 0 spiro atoms. The molecule has 0 saturated heterocycles. The van der Waals surface area contributed by atoms with Crippen molar-refractivity contribution in [3.8, 4) is 11.1 Å². The normalized spacial score (nSPS) is 13.7. The van der Waals surface area contributed by atoms with Crippen molar-refractivity contribution < 1.29 is 37.9 Å². The van der Waals surface area contributed by atoms with Gasteiger partial charge in [0.2, 0.25) is 29.5 Å². The Morgan fingerprint density at radius 3 is 2.18 bits per heavy atom. The molecule has 8 N–H and O–H groups in total.